The molecule has 0 radical (unpaired) electrons. The van der Waals surface area contributed by atoms with Crippen molar-refractivity contribution in [2.24, 2.45) is 5.10 Å². The second-order valence-electron chi connectivity index (χ2n) is 7.46. The lowest BCUT2D eigenvalue weighted by Gasteiger charge is -2.25. The number of rotatable bonds is 4. The molecule has 0 bridgehead atoms. The number of benzene rings is 3. The summed E-state index contributed by atoms with van der Waals surface area (Å²) in [5.41, 5.74) is 4.34. The fourth-order valence-corrected chi connectivity index (χ4v) is 3.62. The van der Waals surface area contributed by atoms with Gasteiger partial charge in [0.15, 0.2) is 11.5 Å². The number of ether oxygens (including phenoxy) is 2. The van der Waals surface area contributed by atoms with E-state index in [9.17, 15) is 4.79 Å². The number of carbonyl (C=O) groups excluding carboxylic acids is 1. The summed E-state index contributed by atoms with van der Waals surface area (Å²) in [7, 11) is 0. The van der Waals surface area contributed by atoms with E-state index < -0.39 is 12.0 Å². The largest absolute Gasteiger partial charge is 0.485 e. The van der Waals surface area contributed by atoms with Gasteiger partial charge in [-0.25, -0.2) is 5.43 Å². The highest BCUT2D eigenvalue weighted by Gasteiger charge is 2.27. The van der Waals surface area contributed by atoms with Gasteiger partial charge >= 0.3 is 0 Å². The SMILES string of the molecule is Cc1ccc(-c2ccc(/C=N/NC(=O)[C@H]3COc4cc5ccccc5cc4O3)o2)cc1Cl. The molecule has 1 aliphatic heterocycles. The molecule has 160 valence electrons. The average molecular weight is 447 g/mol. The highest BCUT2D eigenvalue weighted by atomic mass is 35.5. The normalized spacial score (nSPS) is 15.2. The molecule has 2 heterocycles. The minimum absolute atomic E-state index is 0.103. The fraction of sp³-hybridized carbons (Fsp3) is 0.120. The first kappa shape index (κ1) is 20.2. The lowest BCUT2D eigenvalue weighted by molar-refractivity contribution is -0.130. The van der Waals surface area contributed by atoms with Crippen molar-refractivity contribution >= 4 is 34.5 Å². The highest BCUT2D eigenvalue weighted by molar-refractivity contribution is 6.31. The summed E-state index contributed by atoms with van der Waals surface area (Å²) in [4.78, 5) is 12.5. The minimum Gasteiger partial charge on any atom is -0.485 e. The monoisotopic (exact) mass is 446 g/mol. The first-order chi connectivity index (χ1) is 15.6. The molecule has 1 aromatic heterocycles. The van der Waals surface area contributed by atoms with Crippen molar-refractivity contribution in [2.45, 2.75) is 13.0 Å². The molecule has 5 rings (SSSR count). The Balaban J connectivity index is 1.23. The zero-order chi connectivity index (χ0) is 22.1. The van der Waals surface area contributed by atoms with Gasteiger partial charge in [0.25, 0.3) is 5.91 Å². The standard InChI is InChI=1S/C25H19ClN2O4/c1-15-6-7-18(10-20(15)26)21-9-8-19(31-21)13-27-28-25(29)24-14-30-22-11-16-4-2-3-5-17(16)12-23(22)32-24/h2-13,24H,14H2,1H3,(H,28,29)/b27-13+/t24-/m1/s1. The Hall–Kier alpha value is -3.77. The summed E-state index contributed by atoms with van der Waals surface area (Å²) in [6.07, 6.45) is 0.630. The van der Waals surface area contributed by atoms with Gasteiger partial charge in [-0.1, -0.05) is 48.0 Å². The number of furan rings is 1. The summed E-state index contributed by atoms with van der Waals surface area (Å²) in [5, 5.41) is 6.71. The van der Waals surface area contributed by atoms with Gasteiger partial charge < -0.3 is 13.9 Å². The Morgan fingerprint density at radius 3 is 2.62 bits per heavy atom. The molecule has 0 saturated heterocycles. The number of hydrogen-bond acceptors (Lipinski definition) is 5. The molecule has 0 spiro atoms. The molecular formula is C25H19ClN2O4. The molecule has 3 aromatic carbocycles. The van der Waals surface area contributed by atoms with Crippen molar-refractivity contribution in [1.82, 2.24) is 5.43 Å². The van der Waals surface area contributed by atoms with Crippen molar-refractivity contribution in [3.63, 3.8) is 0 Å². The molecule has 1 N–H and O–H groups in total. The van der Waals surface area contributed by atoms with Gasteiger partial charge in [-0.05, 0) is 53.6 Å². The van der Waals surface area contributed by atoms with E-state index >= 15 is 0 Å². The van der Waals surface area contributed by atoms with E-state index in [0.717, 1.165) is 21.9 Å². The van der Waals surface area contributed by atoms with Crippen LogP contribution < -0.4 is 14.9 Å². The third-order valence-corrected chi connectivity index (χ3v) is 5.62. The molecule has 1 atom stereocenters. The second kappa shape index (κ2) is 8.40. The topological polar surface area (TPSA) is 73.1 Å². The van der Waals surface area contributed by atoms with E-state index in [2.05, 4.69) is 10.5 Å². The van der Waals surface area contributed by atoms with Gasteiger partial charge in [0.2, 0.25) is 6.10 Å². The average Bonchev–Trinajstić information content (AvgIpc) is 3.28. The molecule has 1 amide bonds. The first-order valence-corrected chi connectivity index (χ1v) is 10.5. The Morgan fingerprint density at radius 2 is 1.84 bits per heavy atom. The summed E-state index contributed by atoms with van der Waals surface area (Å²) in [6, 6.07) is 21.0. The summed E-state index contributed by atoms with van der Waals surface area (Å²) < 4.78 is 17.3. The molecule has 6 nitrogen and oxygen atoms in total. The summed E-state index contributed by atoms with van der Waals surface area (Å²) in [6.45, 7) is 2.04. The van der Waals surface area contributed by atoms with Crippen molar-refractivity contribution < 1.29 is 18.7 Å². The smallest absolute Gasteiger partial charge is 0.284 e. The van der Waals surface area contributed by atoms with Crippen LogP contribution in [-0.2, 0) is 4.79 Å². The van der Waals surface area contributed by atoms with E-state index in [0.29, 0.717) is 28.0 Å². The van der Waals surface area contributed by atoms with Gasteiger partial charge in [0.1, 0.15) is 18.1 Å². The van der Waals surface area contributed by atoms with Crippen molar-refractivity contribution in [3.8, 4) is 22.8 Å². The van der Waals surface area contributed by atoms with Gasteiger partial charge in [-0.15, -0.1) is 0 Å². The Labute approximate surface area is 189 Å². The van der Waals surface area contributed by atoms with Crippen LogP contribution in [0, 0.1) is 6.92 Å². The van der Waals surface area contributed by atoms with Gasteiger partial charge in [0, 0.05) is 10.6 Å². The second-order valence-corrected chi connectivity index (χ2v) is 7.87. The Kier molecular flexibility index (Phi) is 5.29. The lowest BCUT2D eigenvalue weighted by atomic mass is 10.1. The van der Waals surface area contributed by atoms with Crippen LogP contribution in [0.15, 0.2) is 76.2 Å². The number of nitrogens with zero attached hydrogens (tertiary/aromatic N) is 1. The van der Waals surface area contributed by atoms with Crippen LogP contribution in [0.25, 0.3) is 22.1 Å². The molecule has 0 saturated carbocycles. The van der Waals surface area contributed by atoms with Crippen LogP contribution in [0.4, 0.5) is 0 Å². The van der Waals surface area contributed by atoms with E-state index in [1.54, 1.807) is 6.07 Å². The molecular weight excluding hydrogens is 428 g/mol. The maximum atomic E-state index is 12.5. The predicted octanol–water partition coefficient (Wildman–Crippen LogP) is 5.35. The minimum atomic E-state index is -0.803. The van der Waals surface area contributed by atoms with E-state index in [-0.39, 0.29) is 6.61 Å². The number of aryl methyl sites for hydroxylation is 1. The predicted molar refractivity (Wildman–Crippen MR) is 123 cm³/mol. The van der Waals surface area contributed by atoms with E-state index in [4.69, 9.17) is 25.5 Å². The summed E-state index contributed by atoms with van der Waals surface area (Å²) >= 11 is 6.19. The quantitative estimate of drug-likeness (QED) is 0.338. The van der Waals surface area contributed by atoms with Gasteiger partial charge in [-0.3, -0.25) is 4.79 Å². The molecule has 0 unspecified atom stereocenters. The number of fused-ring (bicyclic) bond motifs is 2. The Bertz CT molecular complexity index is 1350. The number of hydrazone groups is 1. The zero-order valence-electron chi connectivity index (χ0n) is 17.2. The van der Waals surface area contributed by atoms with Gasteiger partial charge in [-0.2, -0.15) is 5.10 Å². The van der Waals surface area contributed by atoms with Gasteiger partial charge in [0.05, 0.1) is 6.21 Å². The molecule has 0 aliphatic carbocycles. The first-order valence-electron chi connectivity index (χ1n) is 10.1. The highest BCUT2D eigenvalue weighted by Crippen LogP contribution is 2.35. The van der Waals surface area contributed by atoms with E-state index in [1.165, 1.54) is 6.21 Å². The number of hydrogen-bond donors (Lipinski definition) is 1. The number of nitrogens with one attached hydrogen (secondary N) is 1. The molecule has 1 aliphatic rings. The van der Waals surface area contributed by atoms with Crippen LogP contribution in [0.5, 0.6) is 11.5 Å². The van der Waals surface area contributed by atoms with Crippen molar-refractivity contribution in [3.05, 3.63) is 83.1 Å². The third-order valence-electron chi connectivity index (χ3n) is 5.21. The third kappa shape index (κ3) is 4.05. The number of halogens is 1. The fourth-order valence-electron chi connectivity index (χ4n) is 3.44. The van der Waals surface area contributed by atoms with Crippen molar-refractivity contribution in [1.29, 1.82) is 0 Å². The molecule has 32 heavy (non-hydrogen) atoms. The zero-order valence-corrected chi connectivity index (χ0v) is 17.9. The number of carbonyl (C=O) groups is 1. The summed E-state index contributed by atoms with van der Waals surface area (Å²) in [5.74, 6) is 1.90. The maximum Gasteiger partial charge on any atom is 0.284 e. The number of amides is 1. The Morgan fingerprint density at radius 1 is 1.06 bits per heavy atom. The van der Waals surface area contributed by atoms with Crippen LogP contribution in [-0.4, -0.2) is 24.8 Å². The lowest BCUT2D eigenvalue weighted by Crippen LogP contribution is -2.42. The van der Waals surface area contributed by atoms with Crippen LogP contribution in [0.2, 0.25) is 5.02 Å². The molecule has 4 aromatic rings. The van der Waals surface area contributed by atoms with Crippen LogP contribution in [0.1, 0.15) is 11.3 Å². The van der Waals surface area contributed by atoms with E-state index in [1.807, 2.05) is 67.6 Å². The van der Waals surface area contributed by atoms with Crippen LogP contribution >= 0.6 is 11.6 Å². The van der Waals surface area contributed by atoms with Crippen LogP contribution in [0.3, 0.4) is 0 Å². The van der Waals surface area contributed by atoms with Crippen molar-refractivity contribution in [2.75, 3.05) is 6.61 Å². The molecule has 0 fully saturated rings. The maximum absolute atomic E-state index is 12.5. The molecule has 7 heteroatoms.